The third kappa shape index (κ3) is 2.96. The Hall–Kier alpha value is -1.16. The third-order valence-corrected chi connectivity index (χ3v) is 2.52. The molecule has 0 aromatic heterocycles. The first-order chi connectivity index (χ1) is 6.61. The number of ketones is 1. The molecule has 1 rings (SSSR count). The molecule has 0 spiro atoms. The van der Waals surface area contributed by atoms with E-state index in [9.17, 15) is 9.59 Å². The topological polar surface area (TPSA) is 46.2 Å². The van der Waals surface area contributed by atoms with Gasteiger partial charge in [0.2, 0.25) is 0 Å². The highest BCUT2D eigenvalue weighted by Gasteiger charge is 2.13. The van der Waals surface area contributed by atoms with Crippen molar-refractivity contribution in [3.63, 3.8) is 0 Å². The van der Waals surface area contributed by atoms with Crippen molar-refractivity contribution in [2.75, 3.05) is 0 Å². The van der Waals surface area contributed by atoms with Crippen molar-refractivity contribution in [2.45, 2.75) is 11.9 Å². The number of hydrogen-bond donors (Lipinski definition) is 1. The van der Waals surface area contributed by atoms with Gasteiger partial charge in [-0.05, 0) is 19.1 Å². The second-order valence-corrected chi connectivity index (χ2v) is 3.73. The first kappa shape index (κ1) is 10.9. The number of Topliss-reactive ketones (excluding diaryl/α,β-unsaturated/α-hetero) is 1. The molecule has 1 unspecified atom stereocenters. The van der Waals surface area contributed by atoms with E-state index in [1.54, 1.807) is 24.3 Å². The second-order valence-electron chi connectivity index (χ2n) is 2.81. The molecule has 0 aliphatic rings. The van der Waals surface area contributed by atoms with Crippen LogP contribution in [0.15, 0.2) is 30.3 Å². The van der Waals surface area contributed by atoms with Gasteiger partial charge < -0.3 is 5.32 Å². The first-order valence-electron chi connectivity index (χ1n) is 4.11. The van der Waals surface area contributed by atoms with Crippen molar-refractivity contribution in [3.05, 3.63) is 35.9 Å². The summed E-state index contributed by atoms with van der Waals surface area (Å²) in [5, 5.41) is 2.52. The van der Waals surface area contributed by atoms with Gasteiger partial charge in [-0.15, -0.1) is 0 Å². The molecule has 14 heavy (non-hydrogen) atoms. The van der Waals surface area contributed by atoms with Crippen molar-refractivity contribution >= 4 is 27.6 Å². The molecule has 0 aliphatic heterocycles. The van der Waals surface area contributed by atoms with Crippen molar-refractivity contribution in [3.8, 4) is 0 Å². The Morgan fingerprint density at radius 3 is 2.36 bits per heavy atom. The molecule has 0 bridgehead atoms. The molecular formula is C10H10BrNO2. The number of halogens is 1. The van der Waals surface area contributed by atoms with Crippen LogP contribution >= 0.6 is 15.9 Å². The number of carbonyl (C=O) groups is 2. The van der Waals surface area contributed by atoms with Gasteiger partial charge in [-0.3, -0.25) is 9.59 Å². The number of carbonyl (C=O) groups excluding carboxylic acids is 2. The minimum Gasteiger partial charge on any atom is -0.333 e. The Bertz CT molecular complexity index is 337. The van der Waals surface area contributed by atoms with E-state index in [1.807, 2.05) is 6.07 Å². The lowest BCUT2D eigenvalue weighted by atomic mass is 10.2. The van der Waals surface area contributed by atoms with Gasteiger partial charge in [0.1, 0.15) is 4.95 Å². The van der Waals surface area contributed by atoms with E-state index in [4.69, 9.17) is 0 Å². The normalized spacial score (nSPS) is 11.9. The van der Waals surface area contributed by atoms with Crippen molar-refractivity contribution < 1.29 is 9.59 Å². The summed E-state index contributed by atoms with van der Waals surface area (Å²) < 4.78 is 0. The molecule has 1 aromatic carbocycles. The fourth-order valence-corrected chi connectivity index (χ4v) is 1.10. The quantitative estimate of drug-likeness (QED) is 0.661. The summed E-state index contributed by atoms with van der Waals surface area (Å²) in [6.07, 6.45) is 0. The Labute approximate surface area is 90.6 Å². The SMILES string of the molecule is CC(=O)C(Br)NC(=O)c1ccccc1. The van der Waals surface area contributed by atoms with E-state index in [0.717, 1.165) is 0 Å². The van der Waals surface area contributed by atoms with Crippen LogP contribution in [-0.2, 0) is 4.79 Å². The van der Waals surface area contributed by atoms with Crippen molar-refractivity contribution in [2.24, 2.45) is 0 Å². The minimum atomic E-state index is -0.616. The van der Waals surface area contributed by atoms with E-state index < -0.39 is 4.95 Å². The summed E-state index contributed by atoms with van der Waals surface area (Å²) in [5.74, 6) is -0.392. The molecule has 0 aliphatic carbocycles. The van der Waals surface area contributed by atoms with Gasteiger partial charge in [0.25, 0.3) is 5.91 Å². The van der Waals surface area contributed by atoms with Gasteiger partial charge in [-0.25, -0.2) is 0 Å². The van der Waals surface area contributed by atoms with Crippen LogP contribution in [0.5, 0.6) is 0 Å². The van der Waals surface area contributed by atoms with Crippen LogP contribution in [0.2, 0.25) is 0 Å². The van der Waals surface area contributed by atoms with Crippen LogP contribution in [0.4, 0.5) is 0 Å². The van der Waals surface area contributed by atoms with E-state index in [-0.39, 0.29) is 11.7 Å². The minimum absolute atomic E-state index is 0.130. The van der Waals surface area contributed by atoms with Gasteiger partial charge in [0.15, 0.2) is 5.78 Å². The molecule has 0 saturated carbocycles. The molecule has 1 amide bonds. The summed E-state index contributed by atoms with van der Waals surface area (Å²) in [7, 11) is 0. The Morgan fingerprint density at radius 2 is 1.86 bits per heavy atom. The lowest BCUT2D eigenvalue weighted by Crippen LogP contribution is -2.34. The second kappa shape index (κ2) is 4.91. The van der Waals surface area contributed by atoms with Crippen LogP contribution in [-0.4, -0.2) is 16.6 Å². The molecule has 0 saturated heterocycles. The third-order valence-electron chi connectivity index (χ3n) is 1.65. The van der Waals surface area contributed by atoms with Crippen LogP contribution in [0.3, 0.4) is 0 Å². The standard InChI is InChI=1S/C10H10BrNO2/c1-7(13)9(11)12-10(14)8-5-3-2-4-6-8/h2-6,9H,1H3,(H,12,14). The van der Waals surface area contributed by atoms with Gasteiger partial charge >= 0.3 is 0 Å². The summed E-state index contributed by atoms with van der Waals surface area (Å²) in [4.78, 5) is 21.7. The van der Waals surface area contributed by atoms with Crippen molar-refractivity contribution in [1.82, 2.24) is 5.32 Å². The van der Waals surface area contributed by atoms with E-state index in [0.29, 0.717) is 5.56 Å². The predicted molar refractivity (Wildman–Crippen MR) is 57.3 cm³/mol. The lowest BCUT2D eigenvalue weighted by molar-refractivity contribution is -0.116. The van der Waals surface area contributed by atoms with Crippen molar-refractivity contribution in [1.29, 1.82) is 0 Å². The fraction of sp³-hybridized carbons (Fsp3) is 0.200. The zero-order chi connectivity index (χ0) is 10.6. The van der Waals surface area contributed by atoms with E-state index in [2.05, 4.69) is 21.2 Å². The molecule has 1 atom stereocenters. The maximum absolute atomic E-state index is 11.5. The monoisotopic (exact) mass is 255 g/mol. The Morgan fingerprint density at radius 1 is 1.29 bits per heavy atom. The number of rotatable bonds is 3. The smallest absolute Gasteiger partial charge is 0.252 e. The van der Waals surface area contributed by atoms with Gasteiger partial charge in [0.05, 0.1) is 0 Å². The van der Waals surface area contributed by atoms with Gasteiger partial charge in [-0.2, -0.15) is 0 Å². The average molecular weight is 256 g/mol. The molecule has 0 fully saturated rings. The molecule has 0 heterocycles. The maximum atomic E-state index is 11.5. The number of benzene rings is 1. The highest BCUT2D eigenvalue weighted by atomic mass is 79.9. The van der Waals surface area contributed by atoms with Gasteiger partial charge in [0, 0.05) is 5.56 Å². The van der Waals surface area contributed by atoms with Crippen LogP contribution in [0.25, 0.3) is 0 Å². The van der Waals surface area contributed by atoms with Crippen LogP contribution < -0.4 is 5.32 Å². The zero-order valence-electron chi connectivity index (χ0n) is 7.66. The molecule has 1 aromatic rings. The summed E-state index contributed by atoms with van der Waals surface area (Å²) >= 11 is 3.06. The Balaban J connectivity index is 2.64. The number of nitrogens with one attached hydrogen (secondary N) is 1. The first-order valence-corrected chi connectivity index (χ1v) is 5.03. The number of hydrogen-bond acceptors (Lipinski definition) is 2. The summed E-state index contributed by atoms with van der Waals surface area (Å²) in [6, 6.07) is 8.75. The summed E-state index contributed by atoms with van der Waals surface area (Å²) in [5.41, 5.74) is 0.540. The molecule has 3 nitrogen and oxygen atoms in total. The largest absolute Gasteiger partial charge is 0.333 e. The highest BCUT2D eigenvalue weighted by Crippen LogP contribution is 2.02. The summed E-state index contributed by atoms with van der Waals surface area (Å²) in [6.45, 7) is 1.41. The zero-order valence-corrected chi connectivity index (χ0v) is 9.24. The molecule has 74 valence electrons. The number of amides is 1. The van der Waals surface area contributed by atoms with E-state index >= 15 is 0 Å². The highest BCUT2D eigenvalue weighted by molar-refractivity contribution is 9.10. The molecule has 4 heteroatoms. The number of alkyl halides is 1. The van der Waals surface area contributed by atoms with E-state index in [1.165, 1.54) is 6.92 Å². The molecule has 0 radical (unpaired) electrons. The molecule has 1 N–H and O–H groups in total. The molecular weight excluding hydrogens is 246 g/mol. The average Bonchev–Trinajstić information content (AvgIpc) is 2.19. The predicted octanol–water partition coefficient (Wildman–Crippen LogP) is 1.73. The Kier molecular flexibility index (Phi) is 3.83. The van der Waals surface area contributed by atoms with Crippen LogP contribution in [0.1, 0.15) is 17.3 Å². The lowest BCUT2D eigenvalue weighted by Gasteiger charge is -2.08. The van der Waals surface area contributed by atoms with Gasteiger partial charge in [-0.1, -0.05) is 34.1 Å². The fourth-order valence-electron chi connectivity index (χ4n) is 0.890. The maximum Gasteiger partial charge on any atom is 0.252 e. The van der Waals surface area contributed by atoms with Crippen LogP contribution in [0, 0.1) is 0 Å².